The molecule has 1 atom stereocenters. The summed E-state index contributed by atoms with van der Waals surface area (Å²) in [6.07, 6.45) is 3.52. The van der Waals surface area contributed by atoms with Crippen molar-refractivity contribution in [2.45, 2.75) is 32.3 Å². The molecule has 1 unspecified atom stereocenters. The van der Waals surface area contributed by atoms with Gasteiger partial charge in [-0.25, -0.2) is 0 Å². The summed E-state index contributed by atoms with van der Waals surface area (Å²) in [5.74, 6) is 0.371. The number of benzene rings is 2. The van der Waals surface area contributed by atoms with E-state index in [9.17, 15) is 9.59 Å². The first-order valence-corrected chi connectivity index (χ1v) is 9.06. The van der Waals surface area contributed by atoms with Crippen molar-refractivity contribution in [1.82, 2.24) is 4.98 Å². The topological polar surface area (TPSA) is 83.2 Å². The van der Waals surface area contributed by atoms with E-state index in [1.807, 2.05) is 24.4 Å². The van der Waals surface area contributed by atoms with Crippen molar-refractivity contribution in [3.63, 3.8) is 0 Å². The average Bonchev–Trinajstić information content (AvgIpc) is 3.06. The molecular formula is C21H21N3O3. The van der Waals surface area contributed by atoms with Crippen LogP contribution in [0.2, 0.25) is 0 Å². The minimum absolute atomic E-state index is 0.0498. The number of nitrogens with one attached hydrogen (secondary N) is 3. The third kappa shape index (κ3) is 3.65. The van der Waals surface area contributed by atoms with E-state index >= 15 is 0 Å². The van der Waals surface area contributed by atoms with Crippen molar-refractivity contribution >= 4 is 34.1 Å². The number of anilines is 2. The minimum Gasteiger partial charge on any atom is -0.479 e. The summed E-state index contributed by atoms with van der Waals surface area (Å²) < 4.78 is 5.52. The van der Waals surface area contributed by atoms with Crippen LogP contribution in [0.15, 0.2) is 48.7 Å². The van der Waals surface area contributed by atoms with Crippen LogP contribution in [0.5, 0.6) is 5.75 Å². The average molecular weight is 363 g/mol. The zero-order chi connectivity index (χ0) is 18.8. The normalized spacial score (nSPS) is 15.7. The van der Waals surface area contributed by atoms with Gasteiger partial charge in [0.05, 0.1) is 5.69 Å². The molecule has 3 aromatic rings. The number of amides is 2. The van der Waals surface area contributed by atoms with Gasteiger partial charge in [0.25, 0.3) is 5.91 Å². The Morgan fingerprint density at radius 2 is 2.07 bits per heavy atom. The lowest BCUT2D eigenvalue weighted by atomic mass is 10.1. The molecule has 2 amide bonds. The Labute approximate surface area is 156 Å². The molecule has 138 valence electrons. The molecule has 1 aliphatic rings. The van der Waals surface area contributed by atoms with Gasteiger partial charge in [-0.15, -0.1) is 0 Å². The summed E-state index contributed by atoms with van der Waals surface area (Å²) >= 11 is 0. The highest BCUT2D eigenvalue weighted by atomic mass is 16.5. The fourth-order valence-electron chi connectivity index (χ4n) is 3.29. The van der Waals surface area contributed by atoms with Crippen molar-refractivity contribution < 1.29 is 14.3 Å². The largest absolute Gasteiger partial charge is 0.479 e. The third-order valence-electron chi connectivity index (χ3n) is 4.72. The molecule has 2 heterocycles. The first-order valence-electron chi connectivity index (χ1n) is 9.06. The molecule has 27 heavy (non-hydrogen) atoms. The summed E-state index contributed by atoms with van der Waals surface area (Å²) in [5.41, 5.74) is 3.56. The lowest BCUT2D eigenvalue weighted by Crippen LogP contribution is -2.34. The van der Waals surface area contributed by atoms with Crippen molar-refractivity contribution in [1.29, 1.82) is 0 Å². The zero-order valence-corrected chi connectivity index (χ0v) is 15.0. The maximum atomic E-state index is 12.3. The molecule has 0 radical (unpaired) electrons. The van der Waals surface area contributed by atoms with E-state index in [0.717, 1.165) is 18.4 Å². The number of para-hydroxylation sites is 1. The maximum Gasteiger partial charge on any atom is 0.265 e. The molecule has 6 heteroatoms. The SMILES string of the molecule is CC1Oc2ccc(NC(=O)CCCc3c[nH]c4ccccc34)cc2NC1=O. The van der Waals surface area contributed by atoms with Gasteiger partial charge in [0.15, 0.2) is 6.10 Å². The van der Waals surface area contributed by atoms with Gasteiger partial charge in [-0.2, -0.15) is 0 Å². The summed E-state index contributed by atoms with van der Waals surface area (Å²) in [7, 11) is 0. The molecule has 2 aromatic carbocycles. The highest BCUT2D eigenvalue weighted by molar-refractivity contribution is 5.99. The van der Waals surface area contributed by atoms with Crippen molar-refractivity contribution in [3.8, 4) is 5.75 Å². The lowest BCUT2D eigenvalue weighted by Gasteiger charge is -2.23. The molecule has 4 rings (SSSR count). The molecule has 1 aliphatic heterocycles. The Balaban J connectivity index is 1.33. The number of hydrogen-bond donors (Lipinski definition) is 3. The highest BCUT2D eigenvalue weighted by Crippen LogP contribution is 2.32. The molecule has 0 bridgehead atoms. The van der Waals surface area contributed by atoms with Crippen LogP contribution in [0.25, 0.3) is 10.9 Å². The highest BCUT2D eigenvalue weighted by Gasteiger charge is 2.23. The van der Waals surface area contributed by atoms with Gasteiger partial charge >= 0.3 is 0 Å². The lowest BCUT2D eigenvalue weighted by molar-refractivity contribution is -0.122. The second kappa shape index (κ2) is 7.15. The maximum absolute atomic E-state index is 12.3. The number of fused-ring (bicyclic) bond motifs is 2. The molecule has 1 aromatic heterocycles. The van der Waals surface area contributed by atoms with Crippen molar-refractivity contribution in [3.05, 3.63) is 54.2 Å². The van der Waals surface area contributed by atoms with Crippen LogP contribution in [0.1, 0.15) is 25.3 Å². The molecule has 0 spiro atoms. The minimum atomic E-state index is -0.512. The zero-order valence-electron chi connectivity index (χ0n) is 15.0. The second-order valence-electron chi connectivity index (χ2n) is 6.72. The molecule has 0 saturated carbocycles. The van der Waals surface area contributed by atoms with Gasteiger partial charge in [-0.1, -0.05) is 18.2 Å². The standard InChI is InChI=1S/C21H21N3O3/c1-13-21(26)24-18-11-15(9-10-19(18)27-13)23-20(25)8-4-5-14-12-22-17-7-3-2-6-16(14)17/h2-3,6-7,9-13,22H,4-5,8H2,1H3,(H,23,25)(H,24,26). The van der Waals surface area contributed by atoms with Crippen LogP contribution in [-0.2, 0) is 16.0 Å². The number of rotatable bonds is 5. The van der Waals surface area contributed by atoms with E-state index in [2.05, 4.69) is 21.7 Å². The van der Waals surface area contributed by atoms with Gasteiger partial charge in [-0.05, 0) is 49.6 Å². The summed E-state index contributed by atoms with van der Waals surface area (Å²) in [5, 5.41) is 6.87. The van der Waals surface area contributed by atoms with Crippen LogP contribution < -0.4 is 15.4 Å². The van der Waals surface area contributed by atoms with E-state index < -0.39 is 6.10 Å². The molecule has 6 nitrogen and oxygen atoms in total. The fraction of sp³-hybridized carbons (Fsp3) is 0.238. The Kier molecular flexibility index (Phi) is 4.54. The smallest absolute Gasteiger partial charge is 0.265 e. The van der Waals surface area contributed by atoms with E-state index in [1.165, 1.54) is 10.9 Å². The number of H-pyrrole nitrogens is 1. The molecule has 0 fully saturated rings. The van der Waals surface area contributed by atoms with E-state index in [-0.39, 0.29) is 11.8 Å². The molecular weight excluding hydrogens is 342 g/mol. The molecule has 3 N–H and O–H groups in total. The molecule has 0 aliphatic carbocycles. The Morgan fingerprint density at radius 1 is 1.22 bits per heavy atom. The van der Waals surface area contributed by atoms with Gasteiger partial charge in [0.2, 0.25) is 5.91 Å². The van der Waals surface area contributed by atoms with Crippen LogP contribution in [0.4, 0.5) is 11.4 Å². The second-order valence-corrected chi connectivity index (χ2v) is 6.72. The number of aryl methyl sites for hydroxylation is 1. The summed E-state index contributed by atoms with van der Waals surface area (Å²) in [4.78, 5) is 27.2. The third-order valence-corrected chi connectivity index (χ3v) is 4.72. The summed E-state index contributed by atoms with van der Waals surface area (Å²) in [6, 6.07) is 13.4. The number of aromatic nitrogens is 1. The van der Waals surface area contributed by atoms with E-state index in [4.69, 9.17) is 4.74 Å². The number of carbonyl (C=O) groups is 2. The number of carbonyl (C=O) groups excluding carboxylic acids is 2. The van der Waals surface area contributed by atoms with E-state index in [0.29, 0.717) is 23.5 Å². The first-order chi connectivity index (χ1) is 13.1. The fourth-order valence-corrected chi connectivity index (χ4v) is 3.29. The quantitative estimate of drug-likeness (QED) is 0.644. The van der Waals surface area contributed by atoms with Crippen LogP contribution >= 0.6 is 0 Å². The monoisotopic (exact) mass is 363 g/mol. The van der Waals surface area contributed by atoms with Gasteiger partial charge in [-0.3, -0.25) is 9.59 Å². The summed E-state index contributed by atoms with van der Waals surface area (Å²) in [6.45, 7) is 1.70. The van der Waals surface area contributed by atoms with E-state index in [1.54, 1.807) is 25.1 Å². The van der Waals surface area contributed by atoms with Crippen molar-refractivity contribution in [2.24, 2.45) is 0 Å². The Morgan fingerprint density at radius 3 is 2.96 bits per heavy atom. The Bertz CT molecular complexity index is 1010. The number of ether oxygens (including phenoxy) is 1. The van der Waals surface area contributed by atoms with Gasteiger partial charge in [0.1, 0.15) is 5.75 Å². The Hall–Kier alpha value is -3.28. The molecule has 0 saturated heterocycles. The predicted octanol–water partition coefficient (Wildman–Crippen LogP) is 3.85. The number of hydrogen-bond acceptors (Lipinski definition) is 3. The van der Waals surface area contributed by atoms with Gasteiger partial charge in [0, 0.05) is 29.2 Å². The first kappa shape index (κ1) is 17.1. The number of aromatic amines is 1. The van der Waals surface area contributed by atoms with Crippen LogP contribution in [0.3, 0.4) is 0 Å². The van der Waals surface area contributed by atoms with Crippen LogP contribution in [-0.4, -0.2) is 22.9 Å². The van der Waals surface area contributed by atoms with Crippen molar-refractivity contribution in [2.75, 3.05) is 10.6 Å². The van der Waals surface area contributed by atoms with Crippen LogP contribution in [0, 0.1) is 0 Å². The predicted molar refractivity (Wildman–Crippen MR) is 105 cm³/mol. The van der Waals surface area contributed by atoms with Gasteiger partial charge < -0.3 is 20.4 Å².